The monoisotopic (exact) mass is 446 g/mol. The van der Waals surface area contributed by atoms with E-state index in [-0.39, 0.29) is 5.91 Å². The SMILES string of the molecule is O=Cc1cc2ccccc2cc1N=CS[C@H](C(=O)N1CCC[C@@H]1C(=O)O)c1ccccc1. The third-order valence-electron chi connectivity index (χ3n) is 5.56. The Bertz CT molecular complexity index is 1180. The molecule has 32 heavy (non-hydrogen) atoms. The van der Waals surface area contributed by atoms with Gasteiger partial charge >= 0.3 is 5.97 Å². The second-order valence-electron chi connectivity index (χ2n) is 7.57. The summed E-state index contributed by atoms with van der Waals surface area (Å²) in [5.74, 6) is -1.22. The quantitative estimate of drug-likeness (QED) is 0.318. The number of likely N-dealkylation sites (tertiary alicyclic amines) is 1. The molecular formula is C25H22N2O4S. The Kier molecular flexibility index (Phi) is 6.66. The van der Waals surface area contributed by atoms with Crippen LogP contribution in [0.4, 0.5) is 5.69 Å². The molecule has 4 rings (SSSR count). The number of amides is 1. The van der Waals surface area contributed by atoms with Gasteiger partial charge in [-0.25, -0.2) is 9.79 Å². The molecular weight excluding hydrogens is 424 g/mol. The molecule has 3 aromatic rings. The van der Waals surface area contributed by atoms with Gasteiger partial charge in [0.1, 0.15) is 11.3 Å². The maximum Gasteiger partial charge on any atom is 0.326 e. The lowest BCUT2D eigenvalue weighted by Gasteiger charge is -2.26. The molecule has 1 amide bonds. The molecule has 0 aromatic heterocycles. The van der Waals surface area contributed by atoms with E-state index in [0.717, 1.165) is 22.6 Å². The number of aliphatic carboxylic acids is 1. The van der Waals surface area contributed by atoms with E-state index in [1.807, 2.05) is 60.7 Å². The number of aliphatic imine (C=N–C) groups is 1. The van der Waals surface area contributed by atoms with Crippen LogP contribution in [0, 0.1) is 0 Å². The summed E-state index contributed by atoms with van der Waals surface area (Å²) in [6.07, 6.45) is 1.90. The van der Waals surface area contributed by atoms with E-state index >= 15 is 0 Å². The molecule has 0 bridgehead atoms. The molecule has 162 valence electrons. The highest BCUT2D eigenvalue weighted by molar-refractivity contribution is 8.12. The normalized spacial score (nSPS) is 17.0. The zero-order valence-corrected chi connectivity index (χ0v) is 18.1. The first-order valence-corrected chi connectivity index (χ1v) is 11.3. The van der Waals surface area contributed by atoms with Crippen LogP contribution in [0.5, 0.6) is 0 Å². The van der Waals surface area contributed by atoms with Gasteiger partial charge in [0, 0.05) is 12.1 Å². The van der Waals surface area contributed by atoms with Crippen molar-refractivity contribution >= 4 is 51.9 Å². The van der Waals surface area contributed by atoms with E-state index in [9.17, 15) is 19.5 Å². The van der Waals surface area contributed by atoms with Gasteiger partial charge < -0.3 is 10.0 Å². The number of thioether (sulfide) groups is 1. The molecule has 1 saturated heterocycles. The van der Waals surface area contributed by atoms with Crippen LogP contribution >= 0.6 is 11.8 Å². The first-order chi connectivity index (χ1) is 15.6. The van der Waals surface area contributed by atoms with E-state index in [1.54, 1.807) is 11.6 Å². The summed E-state index contributed by atoms with van der Waals surface area (Å²) in [6, 6.07) is 19.8. The summed E-state index contributed by atoms with van der Waals surface area (Å²) in [7, 11) is 0. The first kappa shape index (κ1) is 21.8. The third-order valence-corrected chi connectivity index (χ3v) is 6.53. The molecule has 1 aliphatic rings. The van der Waals surface area contributed by atoms with Crippen molar-refractivity contribution in [3.05, 3.63) is 77.9 Å². The average molecular weight is 447 g/mol. The Morgan fingerprint density at radius 1 is 1.06 bits per heavy atom. The number of fused-ring (bicyclic) bond motifs is 1. The number of carboxylic acids is 1. The fourth-order valence-corrected chi connectivity index (χ4v) is 4.81. The van der Waals surface area contributed by atoms with Gasteiger partial charge in [-0.3, -0.25) is 9.59 Å². The van der Waals surface area contributed by atoms with Crippen LogP contribution in [-0.4, -0.2) is 46.3 Å². The van der Waals surface area contributed by atoms with Crippen LogP contribution in [0.1, 0.15) is 34.0 Å². The first-order valence-electron chi connectivity index (χ1n) is 10.3. The number of hydrogen-bond donors (Lipinski definition) is 1. The van der Waals surface area contributed by atoms with Gasteiger partial charge in [-0.15, -0.1) is 0 Å². The number of carbonyl (C=O) groups excluding carboxylic acids is 2. The minimum absolute atomic E-state index is 0.244. The molecule has 1 aliphatic heterocycles. The zero-order valence-electron chi connectivity index (χ0n) is 17.3. The molecule has 0 saturated carbocycles. The molecule has 0 radical (unpaired) electrons. The molecule has 0 aliphatic carbocycles. The van der Waals surface area contributed by atoms with Crippen LogP contribution in [0.25, 0.3) is 10.8 Å². The van der Waals surface area contributed by atoms with Crippen LogP contribution in [-0.2, 0) is 9.59 Å². The largest absolute Gasteiger partial charge is 0.480 e. The number of aldehydes is 1. The Morgan fingerprint density at radius 2 is 1.75 bits per heavy atom. The summed E-state index contributed by atoms with van der Waals surface area (Å²) in [5, 5.41) is 10.8. The van der Waals surface area contributed by atoms with Crippen LogP contribution < -0.4 is 0 Å². The van der Waals surface area contributed by atoms with Crippen molar-refractivity contribution in [2.45, 2.75) is 24.1 Å². The van der Waals surface area contributed by atoms with Crippen LogP contribution in [0.3, 0.4) is 0 Å². The standard InChI is InChI=1S/C25H22N2O4S/c28-15-20-13-18-9-4-5-10-19(18)14-21(20)26-16-32-23(17-7-2-1-3-8-17)24(29)27-12-6-11-22(27)25(30)31/h1-5,7-10,13-16,22-23H,6,11-12H2,(H,30,31)/t22-,23+/m1/s1. The average Bonchev–Trinajstić information content (AvgIpc) is 3.32. The number of carboxylic acid groups (broad SMARTS) is 1. The van der Waals surface area contributed by atoms with Crippen LogP contribution in [0.2, 0.25) is 0 Å². The molecule has 7 heteroatoms. The van der Waals surface area contributed by atoms with Gasteiger partial charge in [0.2, 0.25) is 5.91 Å². The van der Waals surface area contributed by atoms with Gasteiger partial charge in [-0.1, -0.05) is 66.4 Å². The summed E-state index contributed by atoms with van der Waals surface area (Å²) in [5.41, 5.74) is 3.33. The van der Waals surface area contributed by atoms with Crippen molar-refractivity contribution in [3.63, 3.8) is 0 Å². The highest BCUT2D eigenvalue weighted by Crippen LogP contribution is 2.33. The van der Waals surface area contributed by atoms with Crippen molar-refractivity contribution in [1.29, 1.82) is 0 Å². The van der Waals surface area contributed by atoms with Gasteiger partial charge in [0.15, 0.2) is 6.29 Å². The third kappa shape index (κ3) is 4.57. The number of rotatable bonds is 7. The number of hydrogen-bond acceptors (Lipinski definition) is 5. The summed E-state index contributed by atoms with van der Waals surface area (Å²) >= 11 is 1.21. The Hall–Kier alpha value is -3.45. The minimum Gasteiger partial charge on any atom is -0.480 e. The smallest absolute Gasteiger partial charge is 0.326 e. The highest BCUT2D eigenvalue weighted by Gasteiger charge is 2.37. The van der Waals surface area contributed by atoms with E-state index in [1.165, 1.54) is 16.7 Å². The van der Waals surface area contributed by atoms with E-state index in [0.29, 0.717) is 30.6 Å². The van der Waals surface area contributed by atoms with E-state index in [4.69, 9.17) is 0 Å². The highest BCUT2D eigenvalue weighted by atomic mass is 32.2. The van der Waals surface area contributed by atoms with Gasteiger partial charge in [0.05, 0.1) is 11.2 Å². The van der Waals surface area contributed by atoms with Gasteiger partial charge in [-0.2, -0.15) is 0 Å². The lowest BCUT2D eigenvalue weighted by atomic mass is 10.1. The fraction of sp³-hybridized carbons (Fsp3) is 0.200. The van der Waals surface area contributed by atoms with Crippen molar-refractivity contribution < 1.29 is 19.5 Å². The minimum atomic E-state index is -0.979. The second kappa shape index (κ2) is 9.78. The number of benzene rings is 3. The Balaban J connectivity index is 1.62. The number of carbonyl (C=O) groups is 3. The molecule has 1 heterocycles. The molecule has 3 aromatic carbocycles. The summed E-state index contributed by atoms with van der Waals surface area (Å²) < 4.78 is 0. The van der Waals surface area contributed by atoms with Gasteiger partial charge in [0.25, 0.3) is 0 Å². The fourth-order valence-electron chi connectivity index (χ4n) is 3.95. The summed E-state index contributed by atoms with van der Waals surface area (Å²) in [4.78, 5) is 42.4. The van der Waals surface area contributed by atoms with E-state index in [2.05, 4.69) is 4.99 Å². The van der Waals surface area contributed by atoms with Crippen molar-refractivity contribution in [2.75, 3.05) is 6.54 Å². The second-order valence-corrected chi connectivity index (χ2v) is 8.52. The molecule has 0 spiro atoms. The molecule has 1 fully saturated rings. The van der Waals surface area contributed by atoms with Crippen LogP contribution in [0.15, 0.2) is 71.7 Å². The van der Waals surface area contributed by atoms with E-state index < -0.39 is 17.3 Å². The van der Waals surface area contributed by atoms with Crippen molar-refractivity contribution in [1.82, 2.24) is 4.90 Å². The molecule has 1 N–H and O–H groups in total. The predicted molar refractivity (Wildman–Crippen MR) is 127 cm³/mol. The zero-order chi connectivity index (χ0) is 22.5. The van der Waals surface area contributed by atoms with Crippen molar-refractivity contribution in [3.8, 4) is 0 Å². The van der Waals surface area contributed by atoms with Gasteiger partial charge in [-0.05, 0) is 41.3 Å². The maximum atomic E-state index is 13.3. The lowest BCUT2D eigenvalue weighted by molar-refractivity contribution is -0.148. The number of nitrogens with zero attached hydrogens (tertiary/aromatic N) is 2. The molecule has 0 unspecified atom stereocenters. The van der Waals surface area contributed by atoms with Crippen molar-refractivity contribution in [2.24, 2.45) is 4.99 Å². The molecule has 6 nitrogen and oxygen atoms in total. The Labute approximate surface area is 190 Å². The lowest BCUT2D eigenvalue weighted by Crippen LogP contribution is -2.42. The topological polar surface area (TPSA) is 87.0 Å². The Morgan fingerprint density at radius 3 is 2.44 bits per heavy atom. The maximum absolute atomic E-state index is 13.3. The summed E-state index contributed by atoms with van der Waals surface area (Å²) in [6.45, 7) is 0.427. The molecule has 2 atom stereocenters. The predicted octanol–water partition coefficient (Wildman–Crippen LogP) is 4.86.